The first kappa shape index (κ1) is 14.9. The average Bonchev–Trinajstić information content (AvgIpc) is 3.11. The minimum atomic E-state index is -0.228. The van der Waals surface area contributed by atoms with Crippen LogP contribution < -0.4 is 10.1 Å². The molecule has 2 heterocycles. The Morgan fingerprint density at radius 2 is 2.17 bits per heavy atom. The maximum atomic E-state index is 12.1. The van der Waals surface area contributed by atoms with Crippen LogP contribution in [0.3, 0.4) is 0 Å². The number of aromatic nitrogens is 2. The highest BCUT2D eigenvalue weighted by molar-refractivity contribution is 7.11. The molecule has 1 aliphatic rings. The zero-order valence-corrected chi connectivity index (χ0v) is 13.6. The summed E-state index contributed by atoms with van der Waals surface area (Å²) >= 11 is 1.44. The minimum Gasteiger partial charge on any atom is -0.431 e. The first-order valence-electron chi connectivity index (χ1n) is 7.69. The normalized spacial score (nSPS) is 13.7. The van der Waals surface area contributed by atoms with Crippen molar-refractivity contribution < 1.29 is 14.1 Å². The van der Waals surface area contributed by atoms with Crippen LogP contribution in [0.4, 0.5) is 0 Å². The highest BCUT2D eigenvalue weighted by Crippen LogP contribution is 2.40. The number of benzene rings is 1. The number of amides is 1. The summed E-state index contributed by atoms with van der Waals surface area (Å²) in [6.07, 6.45) is 3.93. The molecule has 6 nitrogen and oxygen atoms in total. The Bertz CT molecular complexity index is 823. The standard InChI is InChI=1S/C17H15N3O3S/c21-16(14-9-15(23-20-14)12-3-4-12)19-10-11-1-5-13(6-2-11)22-17-18-7-8-24-17/h1-2,5-9,12H,3-4,10H2,(H,19,21). The van der Waals surface area contributed by atoms with Gasteiger partial charge in [-0.2, -0.15) is 0 Å². The van der Waals surface area contributed by atoms with Gasteiger partial charge in [0.1, 0.15) is 11.5 Å². The van der Waals surface area contributed by atoms with E-state index in [1.54, 1.807) is 12.3 Å². The van der Waals surface area contributed by atoms with Gasteiger partial charge in [-0.3, -0.25) is 4.79 Å². The van der Waals surface area contributed by atoms with Crippen molar-refractivity contribution in [3.05, 3.63) is 58.9 Å². The molecule has 1 amide bonds. The second kappa shape index (κ2) is 6.45. The van der Waals surface area contributed by atoms with Crippen LogP contribution in [0.25, 0.3) is 0 Å². The quantitative estimate of drug-likeness (QED) is 0.739. The highest BCUT2D eigenvalue weighted by Gasteiger charge is 2.28. The number of hydrogen-bond acceptors (Lipinski definition) is 6. The molecule has 1 fully saturated rings. The van der Waals surface area contributed by atoms with Crippen molar-refractivity contribution >= 4 is 17.2 Å². The maximum absolute atomic E-state index is 12.1. The third-order valence-electron chi connectivity index (χ3n) is 3.73. The fraction of sp³-hybridized carbons (Fsp3) is 0.235. The second-order valence-electron chi connectivity index (χ2n) is 5.62. The van der Waals surface area contributed by atoms with Crippen LogP contribution in [-0.4, -0.2) is 16.0 Å². The van der Waals surface area contributed by atoms with Crippen LogP contribution in [0, 0.1) is 0 Å². The third kappa shape index (κ3) is 3.46. The molecule has 0 aliphatic heterocycles. The van der Waals surface area contributed by atoms with E-state index < -0.39 is 0 Å². The van der Waals surface area contributed by atoms with Crippen LogP contribution in [0.15, 0.2) is 46.4 Å². The van der Waals surface area contributed by atoms with E-state index >= 15 is 0 Å². The summed E-state index contributed by atoms with van der Waals surface area (Å²) in [6.45, 7) is 0.419. The molecule has 3 aromatic rings. The molecule has 0 unspecified atom stereocenters. The second-order valence-corrected chi connectivity index (χ2v) is 6.47. The van der Waals surface area contributed by atoms with Gasteiger partial charge in [-0.05, 0) is 30.5 Å². The number of thiazole rings is 1. The molecule has 0 spiro atoms. The van der Waals surface area contributed by atoms with E-state index in [0.29, 0.717) is 29.1 Å². The lowest BCUT2D eigenvalue weighted by molar-refractivity contribution is 0.0941. The molecule has 1 aromatic carbocycles. The van der Waals surface area contributed by atoms with Crippen LogP contribution in [0.1, 0.15) is 40.6 Å². The molecule has 0 bridgehead atoms. The van der Waals surface area contributed by atoms with Crippen molar-refractivity contribution in [2.24, 2.45) is 0 Å². The van der Waals surface area contributed by atoms with E-state index in [1.165, 1.54) is 11.3 Å². The molecule has 1 N–H and O–H groups in total. The Morgan fingerprint density at radius 3 is 2.88 bits per heavy atom. The van der Waals surface area contributed by atoms with E-state index in [-0.39, 0.29) is 5.91 Å². The Balaban J connectivity index is 1.32. The molecular weight excluding hydrogens is 326 g/mol. The molecule has 1 aliphatic carbocycles. The summed E-state index contributed by atoms with van der Waals surface area (Å²) in [7, 11) is 0. The summed E-state index contributed by atoms with van der Waals surface area (Å²) in [4.78, 5) is 16.2. The molecule has 7 heteroatoms. The van der Waals surface area contributed by atoms with Gasteiger partial charge >= 0.3 is 0 Å². The largest absolute Gasteiger partial charge is 0.431 e. The van der Waals surface area contributed by atoms with E-state index in [2.05, 4.69) is 15.5 Å². The van der Waals surface area contributed by atoms with Crippen molar-refractivity contribution in [1.82, 2.24) is 15.5 Å². The molecule has 0 saturated heterocycles. The molecule has 0 atom stereocenters. The molecule has 122 valence electrons. The number of nitrogens with zero attached hydrogens (tertiary/aromatic N) is 2. The summed E-state index contributed by atoms with van der Waals surface area (Å²) < 4.78 is 10.8. The lowest BCUT2D eigenvalue weighted by Crippen LogP contribution is -2.22. The van der Waals surface area contributed by atoms with Gasteiger partial charge in [-0.1, -0.05) is 28.6 Å². The molecule has 2 aromatic heterocycles. The number of hydrogen-bond donors (Lipinski definition) is 1. The summed E-state index contributed by atoms with van der Waals surface area (Å²) in [6, 6.07) is 9.25. The van der Waals surface area contributed by atoms with Crippen LogP contribution in [-0.2, 0) is 6.54 Å². The molecule has 0 radical (unpaired) electrons. The van der Waals surface area contributed by atoms with E-state index in [0.717, 1.165) is 24.2 Å². The monoisotopic (exact) mass is 341 g/mol. The van der Waals surface area contributed by atoms with Crippen molar-refractivity contribution in [2.45, 2.75) is 25.3 Å². The fourth-order valence-corrected chi connectivity index (χ4v) is 2.77. The third-order valence-corrected chi connectivity index (χ3v) is 4.38. The summed E-state index contributed by atoms with van der Waals surface area (Å²) in [5.41, 5.74) is 1.31. The zero-order valence-electron chi connectivity index (χ0n) is 12.8. The maximum Gasteiger partial charge on any atom is 0.278 e. The van der Waals surface area contributed by atoms with Gasteiger partial charge in [-0.15, -0.1) is 0 Å². The van der Waals surface area contributed by atoms with Gasteiger partial charge in [0.2, 0.25) is 0 Å². The van der Waals surface area contributed by atoms with E-state index in [4.69, 9.17) is 9.26 Å². The molecule has 4 rings (SSSR count). The van der Waals surface area contributed by atoms with Crippen molar-refractivity contribution in [3.63, 3.8) is 0 Å². The molecule has 24 heavy (non-hydrogen) atoms. The lowest BCUT2D eigenvalue weighted by atomic mass is 10.2. The number of rotatable bonds is 6. The minimum absolute atomic E-state index is 0.228. The fourth-order valence-electron chi connectivity index (χ4n) is 2.27. The summed E-state index contributed by atoms with van der Waals surface area (Å²) in [5, 5.41) is 9.14. The predicted octanol–water partition coefficient (Wildman–Crippen LogP) is 3.73. The number of nitrogens with one attached hydrogen (secondary N) is 1. The Labute approximate surface area is 142 Å². The lowest BCUT2D eigenvalue weighted by Gasteiger charge is -2.05. The van der Waals surface area contributed by atoms with Gasteiger partial charge in [0.15, 0.2) is 5.69 Å². The Hall–Kier alpha value is -2.67. The first-order valence-corrected chi connectivity index (χ1v) is 8.57. The molecular formula is C17H15N3O3S. The van der Waals surface area contributed by atoms with Gasteiger partial charge in [-0.25, -0.2) is 4.98 Å². The van der Waals surface area contributed by atoms with Crippen molar-refractivity contribution in [3.8, 4) is 10.9 Å². The van der Waals surface area contributed by atoms with Gasteiger partial charge in [0.05, 0.1) is 0 Å². The number of ether oxygens (including phenoxy) is 1. The summed E-state index contributed by atoms with van der Waals surface area (Å²) in [5.74, 6) is 1.74. The average molecular weight is 341 g/mol. The van der Waals surface area contributed by atoms with E-state index in [1.807, 2.05) is 29.6 Å². The van der Waals surface area contributed by atoms with Gasteiger partial charge in [0, 0.05) is 30.1 Å². The van der Waals surface area contributed by atoms with Crippen molar-refractivity contribution in [1.29, 1.82) is 0 Å². The number of carbonyl (C=O) groups is 1. The Kier molecular flexibility index (Phi) is 4.00. The first-order chi connectivity index (χ1) is 11.8. The smallest absolute Gasteiger partial charge is 0.278 e. The topological polar surface area (TPSA) is 77.2 Å². The molecule has 1 saturated carbocycles. The van der Waals surface area contributed by atoms with Crippen molar-refractivity contribution in [2.75, 3.05) is 0 Å². The van der Waals surface area contributed by atoms with Crippen LogP contribution >= 0.6 is 11.3 Å². The van der Waals surface area contributed by atoms with Crippen LogP contribution in [0.5, 0.6) is 10.9 Å². The van der Waals surface area contributed by atoms with E-state index in [9.17, 15) is 4.79 Å². The van der Waals surface area contributed by atoms with Gasteiger partial charge < -0.3 is 14.6 Å². The zero-order chi connectivity index (χ0) is 16.4. The van der Waals surface area contributed by atoms with Gasteiger partial charge in [0.25, 0.3) is 11.1 Å². The Morgan fingerprint density at radius 1 is 1.33 bits per heavy atom. The van der Waals surface area contributed by atoms with Crippen LogP contribution in [0.2, 0.25) is 0 Å². The number of carbonyl (C=O) groups excluding carboxylic acids is 1. The SMILES string of the molecule is O=C(NCc1ccc(Oc2nccs2)cc1)c1cc(C2CC2)on1. The predicted molar refractivity (Wildman–Crippen MR) is 88.3 cm³/mol. The highest BCUT2D eigenvalue weighted by atomic mass is 32.1.